The first kappa shape index (κ1) is 20.2. The maximum atomic E-state index is 12.5. The summed E-state index contributed by atoms with van der Waals surface area (Å²) in [6.45, 7) is -0.347. The van der Waals surface area contributed by atoms with E-state index in [9.17, 15) is 9.59 Å². The largest absolute Gasteiger partial charge is 0.454 e. The lowest BCUT2D eigenvalue weighted by Gasteiger charge is -2.24. The normalized spacial score (nSPS) is 10.5. The van der Waals surface area contributed by atoms with Crippen LogP contribution in [0.25, 0.3) is 10.8 Å². The van der Waals surface area contributed by atoms with Crippen molar-refractivity contribution in [2.45, 2.75) is 0 Å². The van der Waals surface area contributed by atoms with Gasteiger partial charge in [-0.15, -0.1) is 0 Å². The number of hydrogen-bond acceptors (Lipinski definition) is 4. The van der Waals surface area contributed by atoms with Gasteiger partial charge in [-0.1, -0.05) is 66.7 Å². The Balaban J connectivity index is 1.37. The van der Waals surface area contributed by atoms with Crippen LogP contribution in [0.4, 0.5) is 17.1 Å². The van der Waals surface area contributed by atoms with Gasteiger partial charge in [-0.25, -0.2) is 0 Å². The van der Waals surface area contributed by atoms with E-state index in [1.807, 2.05) is 108 Å². The van der Waals surface area contributed by atoms with Crippen molar-refractivity contribution in [2.24, 2.45) is 0 Å². The number of anilines is 3. The third kappa shape index (κ3) is 5.28. The number of para-hydroxylation sites is 2. The van der Waals surface area contributed by atoms with Gasteiger partial charge in [0.05, 0.1) is 0 Å². The van der Waals surface area contributed by atoms with Crippen LogP contribution in [-0.4, -0.2) is 25.0 Å². The van der Waals surface area contributed by atoms with Crippen molar-refractivity contribution in [1.82, 2.24) is 0 Å². The first-order valence-electron chi connectivity index (χ1n) is 10.0. The Bertz CT molecular complexity index is 1140. The molecule has 0 aliphatic rings. The Morgan fingerprint density at radius 3 is 1.94 bits per heavy atom. The van der Waals surface area contributed by atoms with Crippen molar-refractivity contribution in [3.05, 3.63) is 103 Å². The summed E-state index contributed by atoms with van der Waals surface area (Å²) in [7, 11) is 0. The van der Waals surface area contributed by atoms with Crippen LogP contribution < -0.4 is 10.2 Å². The molecule has 0 spiro atoms. The van der Waals surface area contributed by atoms with E-state index in [0.717, 1.165) is 22.1 Å². The second kappa shape index (κ2) is 9.59. The quantitative estimate of drug-likeness (QED) is 0.428. The minimum atomic E-state index is -0.485. The molecule has 0 unspecified atom stereocenters. The summed E-state index contributed by atoms with van der Waals surface area (Å²) >= 11 is 0. The monoisotopic (exact) mass is 410 g/mol. The highest BCUT2D eigenvalue weighted by atomic mass is 16.5. The van der Waals surface area contributed by atoms with Crippen LogP contribution in [0.2, 0.25) is 0 Å². The van der Waals surface area contributed by atoms with Crippen LogP contribution in [0.15, 0.2) is 103 Å². The fourth-order valence-corrected chi connectivity index (χ4v) is 3.33. The van der Waals surface area contributed by atoms with E-state index < -0.39 is 5.97 Å². The van der Waals surface area contributed by atoms with E-state index in [4.69, 9.17) is 4.74 Å². The van der Waals surface area contributed by atoms with Crippen LogP contribution in [-0.2, 0) is 14.3 Å². The van der Waals surface area contributed by atoms with Gasteiger partial charge in [-0.2, -0.15) is 0 Å². The number of nitrogens with zero attached hydrogens (tertiary/aromatic N) is 1. The third-order valence-electron chi connectivity index (χ3n) is 4.82. The topological polar surface area (TPSA) is 58.6 Å². The number of nitrogens with one attached hydrogen (secondary N) is 1. The molecule has 0 bridgehead atoms. The van der Waals surface area contributed by atoms with Gasteiger partial charge in [0.25, 0.3) is 5.91 Å². The average Bonchev–Trinajstić information content (AvgIpc) is 2.82. The van der Waals surface area contributed by atoms with Crippen LogP contribution in [0.3, 0.4) is 0 Å². The van der Waals surface area contributed by atoms with Gasteiger partial charge in [0.1, 0.15) is 6.54 Å². The molecule has 5 heteroatoms. The molecular formula is C26H22N2O3. The fraction of sp³-hybridized carbons (Fsp3) is 0.0769. The van der Waals surface area contributed by atoms with E-state index in [2.05, 4.69) is 5.32 Å². The smallest absolute Gasteiger partial charge is 0.326 e. The lowest BCUT2D eigenvalue weighted by Crippen LogP contribution is -2.29. The molecule has 4 aromatic rings. The molecule has 0 fully saturated rings. The van der Waals surface area contributed by atoms with Gasteiger partial charge in [-0.05, 0) is 47.2 Å². The standard InChI is InChI=1S/C26H22N2O3/c29-25(27-22-16-15-20-9-7-8-10-21(20)17-22)19-31-26(30)18-28(23-11-3-1-4-12-23)24-13-5-2-6-14-24/h1-17H,18-19H2,(H,27,29). The zero-order valence-electron chi connectivity index (χ0n) is 16.9. The van der Waals surface area contributed by atoms with Gasteiger partial charge in [-0.3, -0.25) is 9.59 Å². The predicted octanol–water partition coefficient (Wildman–Crippen LogP) is 5.16. The van der Waals surface area contributed by atoms with Crippen molar-refractivity contribution < 1.29 is 14.3 Å². The lowest BCUT2D eigenvalue weighted by atomic mass is 10.1. The summed E-state index contributed by atoms with van der Waals surface area (Å²) in [6, 6.07) is 32.7. The van der Waals surface area contributed by atoms with E-state index in [-0.39, 0.29) is 19.1 Å². The second-order valence-corrected chi connectivity index (χ2v) is 7.03. The van der Waals surface area contributed by atoms with E-state index in [1.165, 1.54) is 0 Å². The first-order valence-corrected chi connectivity index (χ1v) is 10.0. The molecule has 0 aliphatic heterocycles. The molecule has 31 heavy (non-hydrogen) atoms. The summed E-state index contributed by atoms with van der Waals surface area (Å²) in [4.78, 5) is 26.6. The molecule has 0 saturated carbocycles. The Kier molecular flexibility index (Phi) is 6.24. The SMILES string of the molecule is O=C(COC(=O)CN(c1ccccc1)c1ccccc1)Nc1ccc2ccccc2c1. The first-order chi connectivity index (χ1) is 15.2. The zero-order valence-corrected chi connectivity index (χ0v) is 16.9. The highest BCUT2D eigenvalue weighted by Crippen LogP contribution is 2.24. The summed E-state index contributed by atoms with van der Waals surface area (Å²) in [5.74, 6) is -0.865. The number of benzene rings is 4. The van der Waals surface area contributed by atoms with Crippen LogP contribution in [0.5, 0.6) is 0 Å². The van der Waals surface area contributed by atoms with Crippen molar-refractivity contribution in [2.75, 3.05) is 23.4 Å². The number of hydrogen-bond donors (Lipinski definition) is 1. The minimum absolute atomic E-state index is 0.00270. The summed E-state index contributed by atoms with van der Waals surface area (Å²) < 4.78 is 5.24. The van der Waals surface area contributed by atoms with Crippen molar-refractivity contribution in [1.29, 1.82) is 0 Å². The number of amides is 1. The van der Waals surface area contributed by atoms with Gasteiger partial charge in [0.15, 0.2) is 6.61 Å². The molecular weight excluding hydrogens is 388 g/mol. The number of carbonyl (C=O) groups is 2. The van der Waals surface area contributed by atoms with E-state index in [1.54, 1.807) is 0 Å². The van der Waals surface area contributed by atoms with Gasteiger partial charge < -0.3 is 15.0 Å². The van der Waals surface area contributed by atoms with Crippen molar-refractivity contribution >= 4 is 39.7 Å². The summed E-state index contributed by atoms with van der Waals surface area (Å²) in [5, 5.41) is 4.89. The van der Waals surface area contributed by atoms with Gasteiger partial charge in [0, 0.05) is 17.1 Å². The van der Waals surface area contributed by atoms with Crippen molar-refractivity contribution in [3.8, 4) is 0 Å². The lowest BCUT2D eigenvalue weighted by molar-refractivity contribution is -0.145. The molecule has 0 radical (unpaired) electrons. The van der Waals surface area contributed by atoms with E-state index in [0.29, 0.717) is 5.69 Å². The number of rotatable bonds is 7. The van der Waals surface area contributed by atoms with Gasteiger partial charge >= 0.3 is 5.97 Å². The predicted molar refractivity (Wildman–Crippen MR) is 123 cm³/mol. The number of fused-ring (bicyclic) bond motifs is 1. The summed E-state index contributed by atoms with van der Waals surface area (Å²) in [6.07, 6.45) is 0. The second-order valence-electron chi connectivity index (χ2n) is 7.03. The molecule has 4 rings (SSSR count). The average molecular weight is 410 g/mol. The molecule has 0 aromatic heterocycles. The van der Waals surface area contributed by atoms with Gasteiger partial charge in [0.2, 0.25) is 0 Å². The highest BCUT2D eigenvalue weighted by molar-refractivity contribution is 5.96. The molecule has 1 amide bonds. The van der Waals surface area contributed by atoms with Crippen molar-refractivity contribution in [3.63, 3.8) is 0 Å². The Labute approximate surface area is 180 Å². The Morgan fingerprint density at radius 2 is 1.29 bits per heavy atom. The Morgan fingerprint density at radius 1 is 0.710 bits per heavy atom. The molecule has 0 atom stereocenters. The minimum Gasteiger partial charge on any atom is -0.454 e. The Hall–Kier alpha value is -4.12. The molecule has 1 N–H and O–H groups in total. The molecule has 154 valence electrons. The fourth-order valence-electron chi connectivity index (χ4n) is 3.33. The van der Waals surface area contributed by atoms with Crippen LogP contribution >= 0.6 is 0 Å². The number of esters is 1. The molecule has 0 saturated heterocycles. The molecule has 0 heterocycles. The molecule has 0 aliphatic carbocycles. The van der Waals surface area contributed by atoms with Crippen LogP contribution in [0.1, 0.15) is 0 Å². The third-order valence-corrected chi connectivity index (χ3v) is 4.82. The molecule has 4 aromatic carbocycles. The van der Waals surface area contributed by atoms with E-state index >= 15 is 0 Å². The maximum Gasteiger partial charge on any atom is 0.326 e. The number of ether oxygens (including phenoxy) is 1. The molecule has 5 nitrogen and oxygen atoms in total. The summed E-state index contributed by atoms with van der Waals surface area (Å²) in [5.41, 5.74) is 2.40. The number of carbonyl (C=O) groups excluding carboxylic acids is 2. The maximum absolute atomic E-state index is 12.5. The highest BCUT2D eigenvalue weighted by Gasteiger charge is 2.16. The van der Waals surface area contributed by atoms with Crippen LogP contribution in [0, 0.1) is 0 Å². The zero-order chi connectivity index (χ0) is 21.5.